The van der Waals surface area contributed by atoms with E-state index in [2.05, 4.69) is 9.82 Å². The smallest absolute Gasteiger partial charge is 0.377 e. The first kappa shape index (κ1) is 17.1. The molecule has 2 aromatic rings. The van der Waals surface area contributed by atoms with Crippen molar-refractivity contribution in [1.82, 2.24) is 9.66 Å². The van der Waals surface area contributed by atoms with Gasteiger partial charge in [0.1, 0.15) is 11.0 Å². The number of rotatable bonds is 3. The Balaban J connectivity index is 2.89. The zero-order chi connectivity index (χ0) is 17.5. The molecular formula is C12H13F3N4O3S. The Kier molecular flexibility index (Phi) is 4.24. The van der Waals surface area contributed by atoms with Crippen LogP contribution in [0, 0.1) is 0 Å². The fourth-order valence-electron chi connectivity index (χ4n) is 2.06. The van der Waals surface area contributed by atoms with Gasteiger partial charge in [0.25, 0.3) is 5.56 Å². The second kappa shape index (κ2) is 5.72. The molecule has 23 heavy (non-hydrogen) atoms. The molecule has 11 heteroatoms. The minimum atomic E-state index is -4.65. The fourth-order valence-corrected chi connectivity index (χ4v) is 2.48. The maximum atomic E-state index is 13.1. The molecule has 0 aliphatic rings. The maximum Gasteiger partial charge on any atom is 0.418 e. The van der Waals surface area contributed by atoms with Crippen molar-refractivity contribution < 1.29 is 17.4 Å². The average Bonchev–Trinajstić information content (AvgIpc) is 2.40. The average molecular weight is 350 g/mol. The minimum absolute atomic E-state index is 0.140. The minimum Gasteiger partial charge on any atom is -0.377 e. The number of halogens is 3. The molecule has 0 spiro atoms. The van der Waals surface area contributed by atoms with E-state index in [1.807, 2.05) is 0 Å². The monoisotopic (exact) mass is 350 g/mol. The van der Waals surface area contributed by atoms with Crippen molar-refractivity contribution in [1.29, 1.82) is 0 Å². The number of aromatic amines is 1. The molecule has 0 amide bonds. The highest BCUT2D eigenvalue weighted by molar-refractivity contribution is 7.85. The van der Waals surface area contributed by atoms with Crippen LogP contribution in [0.4, 0.5) is 18.9 Å². The largest absolute Gasteiger partial charge is 0.418 e. The van der Waals surface area contributed by atoms with Crippen LogP contribution in [-0.4, -0.2) is 34.2 Å². The summed E-state index contributed by atoms with van der Waals surface area (Å²) in [5, 5.41) is -0.140. The summed E-state index contributed by atoms with van der Waals surface area (Å²) in [5.41, 5.74) is -3.36. The normalized spacial score (nSPS) is 13.1. The molecule has 126 valence electrons. The SMILES string of the molecule is CN(C)c1cc2c(=O)n(NS(C)=O)c(=O)[nH]c2cc1C(F)(F)F. The zero-order valence-corrected chi connectivity index (χ0v) is 13.1. The Bertz CT molecular complexity index is 901. The Hall–Kier alpha value is -2.30. The highest BCUT2D eigenvalue weighted by Gasteiger charge is 2.35. The van der Waals surface area contributed by atoms with Gasteiger partial charge in [0.05, 0.1) is 16.5 Å². The van der Waals surface area contributed by atoms with Crippen molar-refractivity contribution >= 4 is 27.6 Å². The first-order valence-corrected chi connectivity index (χ1v) is 7.76. The third-order valence-electron chi connectivity index (χ3n) is 3.02. The van der Waals surface area contributed by atoms with Crippen molar-refractivity contribution in [3.63, 3.8) is 0 Å². The number of benzene rings is 1. The second-order valence-electron chi connectivity index (χ2n) is 4.92. The third-order valence-corrected chi connectivity index (χ3v) is 3.46. The summed E-state index contributed by atoms with van der Waals surface area (Å²) in [6.07, 6.45) is -3.45. The highest BCUT2D eigenvalue weighted by atomic mass is 32.2. The van der Waals surface area contributed by atoms with E-state index in [1.54, 1.807) is 0 Å². The van der Waals surface area contributed by atoms with E-state index < -0.39 is 34.0 Å². The molecule has 1 aromatic carbocycles. The van der Waals surface area contributed by atoms with Crippen molar-refractivity contribution in [2.75, 3.05) is 30.1 Å². The lowest BCUT2D eigenvalue weighted by atomic mass is 10.1. The fraction of sp³-hybridized carbons (Fsp3) is 0.333. The van der Waals surface area contributed by atoms with E-state index in [0.29, 0.717) is 10.7 Å². The van der Waals surface area contributed by atoms with Gasteiger partial charge in [-0.3, -0.25) is 4.79 Å². The van der Waals surface area contributed by atoms with Gasteiger partial charge in [-0.25, -0.2) is 13.8 Å². The van der Waals surface area contributed by atoms with Crippen molar-refractivity contribution in [2.24, 2.45) is 0 Å². The van der Waals surface area contributed by atoms with E-state index in [0.717, 1.165) is 6.07 Å². The predicted molar refractivity (Wildman–Crippen MR) is 81.6 cm³/mol. The van der Waals surface area contributed by atoms with Crippen LogP contribution < -0.4 is 21.0 Å². The second-order valence-corrected chi connectivity index (χ2v) is 6.01. The molecule has 0 bridgehead atoms. The molecule has 0 saturated heterocycles. The predicted octanol–water partition coefficient (Wildman–Crippen LogP) is 0.612. The quantitative estimate of drug-likeness (QED) is 0.849. The molecule has 1 aromatic heterocycles. The Labute approximate surface area is 130 Å². The Morgan fingerprint density at radius 1 is 1.26 bits per heavy atom. The summed E-state index contributed by atoms with van der Waals surface area (Å²) >= 11 is 0. The molecule has 0 fully saturated rings. The topological polar surface area (TPSA) is 87.2 Å². The van der Waals surface area contributed by atoms with E-state index in [-0.39, 0.29) is 16.6 Å². The van der Waals surface area contributed by atoms with Gasteiger partial charge in [-0.2, -0.15) is 17.8 Å². The summed E-state index contributed by atoms with van der Waals surface area (Å²) in [4.78, 5) is 29.6. The van der Waals surface area contributed by atoms with E-state index >= 15 is 0 Å². The number of hydrogen-bond donors (Lipinski definition) is 2. The number of hydrogen-bond acceptors (Lipinski definition) is 4. The molecule has 1 atom stereocenters. The lowest BCUT2D eigenvalue weighted by Crippen LogP contribution is -2.41. The van der Waals surface area contributed by atoms with Gasteiger partial charge in [0, 0.05) is 26.0 Å². The van der Waals surface area contributed by atoms with Gasteiger partial charge in [-0.1, -0.05) is 0 Å². The Morgan fingerprint density at radius 3 is 2.35 bits per heavy atom. The molecule has 7 nitrogen and oxygen atoms in total. The summed E-state index contributed by atoms with van der Waals surface area (Å²) in [6, 6.07) is 1.74. The summed E-state index contributed by atoms with van der Waals surface area (Å²) in [7, 11) is 1.10. The van der Waals surface area contributed by atoms with Crippen LogP contribution in [0.25, 0.3) is 10.9 Å². The van der Waals surface area contributed by atoms with Gasteiger partial charge < -0.3 is 9.88 Å². The lowest BCUT2D eigenvalue weighted by Gasteiger charge is -2.20. The highest BCUT2D eigenvalue weighted by Crippen LogP contribution is 2.37. The van der Waals surface area contributed by atoms with Crippen LogP contribution >= 0.6 is 0 Å². The summed E-state index contributed by atoms with van der Waals surface area (Å²) in [6.45, 7) is 0. The van der Waals surface area contributed by atoms with Crippen LogP contribution in [0.2, 0.25) is 0 Å². The molecule has 0 radical (unpaired) electrons. The van der Waals surface area contributed by atoms with Crippen LogP contribution in [-0.2, 0) is 17.2 Å². The molecule has 1 unspecified atom stereocenters. The first-order chi connectivity index (χ1) is 10.5. The number of H-pyrrole nitrogens is 1. The van der Waals surface area contributed by atoms with Gasteiger partial charge in [-0.15, -0.1) is 0 Å². The van der Waals surface area contributed by atoms with Crippen molar-refractivity contribution in [3.05, 3.63) is 38.5 Å². The molecule has 1 heterocycles. The van der Waals surface area contributed by atoms with Gasteiger partial charge >= 0.3 is 11.9 Å². The molecule has 0 aliphatic heterocycles. The molecule has 0 aliphatic carbocycles. The molecule has 0 saturated carbocycles. The van der Waals surface area contributed by atoms with Gasteiger partial charge in [0.15, 0.2) is 0 Å². The number of alkyl halides is 3. The van der Waals surface area contributed by atoms with Crippen LogP contribution in [0.5, 0.6) is 0 Å². The lowest BCUT2D eigenvalue weighted by molar-refractivity contribution is -0.137. The van der Waals surface area contributed by atoms with E-state index in [9.17, 15) is 27.0 Å². The van der Waals surface area contributed by atoms with Gasteiger partial charge in [-0.05, 0) is 12.1 Å². The van der Waals surface area contributed by atoms with Crippen molar-refractivity contribution in [2.45, 2.75) is 6.18 Å². The Morgan fingerprint density at radius 2 is 1.87 bits per heavy atom. The first-order valence-electron chi connectivity index (χ1n) is 6.20. The number of nitrogens with zero attached hydrogens (tertiary/aromatic N) is 2. The van der Waals surface area contributed by atoms with Crippen LogP contribution in [0.3, 0.4) is 0 Å². The summed E-state index contributed by atoms with van der Waals surface area (Å²) < 4.78 is 51.0. The third kappa shape index (κ3) is 3.23. The van der Waals surface area contributed by atoms with E-state index in [1.165, 1.54) is 25.3 Å². The maximum absolute atomic E-state index is 13.1. The summed E-state index contributed by atoms with van der Waals surface area (Å²) in [5.74, 6) is 0. The standard InChI is InChI=1S/C12H13F3N4O3S/c1-18(2)9-4-6-8(5-7(9)12(13,14)15)16-11(21)19(10(6)20)17-23(3)22/h4-5,17H,1-3H3,(H,16,21). The van der Waals surface area contributed by atoms with Crippen LogP contribution in [0.1, 0.15) is 5.56 Å². The van der Waals surface area contributed by atoms with Gasteiger partial charge in [0.2, 0.25) is 0 Å². The van der Waals surface area contributed by atoms with E-state index in [4.69, 9.17) is 0 Å². The molecule has 2 rings (SSSR count). The number of aromatic nitrogens is 2. The molecular weight excluding hydrogens is 337 g/mol. The van der Waals surface area contributed by atoms with Crippen LogP contribution in [0.15, 0.2) is 21.7 Å². The number of anilines is 1. The number of fused-ring (bicyclic) bond motifs is 1. The van der Waals surface area contributed by atoms with Crippen molar-refractivity contribution in [3.8, 4) is 0 Å². The zero-order valence-electron chi connectivity index (χ0n) is 12.3. The molecule has 2 N–H and O–H groups in total. The number of nitrogens with one attached hydrogen (secondary N) is 2.